The number of benzene rings is 2. The topological polar surface area (TPSA) is 113 Å². The molecule has 2 aromatic rings. The van der Waals surface area contributed by atoms with E-state index in [1.165, 1.54) is 18.2 Å². The second-order valence-corrected chi connectivity index (χ2v) is 6.35. The minimum Gasteiger partial charge on any atom is -0.450 e. The molecule has 0 unspecified atom stereocenters. The lowest BCUT2D eigenvalue weighted by Gasteiger charge is -2.08. The zero-order valence-corrected chi connectivity index (χ0v) is 11.8. The molecule has 0 bridgehead atoms. The second-order valence-electron chi connectivity index (χ2n) is 4.33. The van der Waals surface area contributed by atoms with E-state index in [4.69, 9.17) is 10.5 Å². The summed E-state index contributed by atoms with van der Waals surface area (Å²) < 4.78 is 28.3. The first kappa shape index (κ1) is 14.8. The molecule has 0 aliphatic rings. The maximum atomic E-state index is 11.4. The zero-order valence-electron chi connectivity index (χ0n) is 11.0. The number of nitrogen functional groups attached to an aromatic ring is 1. The molecule has 2 rings (SSSR count). The first-order chi connectivity index (χ1) is 9.77. The molecule has 0 aromatic heterocycles. The molecule has 0 amide bonds. The van der Waals surface area contributed by atoms with Crippen LogP contribution >= 0.6 is 0 Å². The molecular formula is C13H12N2O5S. The fraction of sp³-hybridized carbons (Fsp3) is 0.0769. The average Bonchev–Trinajstić information content (AvgIpc) is 2.37. The van der Waals surface area contributed by atoms with E-state index in [-0.39, 0.29) is 10.6 Å². The Morgan fingerprint density at radius 1 is 1.19 bits per heavy atom. The van der Waals surface area contributed by atoms with E-state index < -0.39 is 20.4 Å². The second kappa shape index (κ2) is 5.41. The van der Waals surface area contributed by atoms with Crippen molar-refractivity contribution in [3.8, 4) is 11.5 Å². The molecule has 0 heterocycles. The van der Waals surface area contributed by atoms with Crippen LogP contribution in [0.1, 0.15) is 0 Å². The van der Waals surface area contributed by atoms with Crippen LogP contribution in [0.25, 0.3) is 0 Å². The van der Waals surface area contributed by atoms with Gasteiger partial charge in [-0.1, -0.05) is 6.07 Å². The van der Waals surface area contributed by atoms with Gasteiger partial charge < -0.3 is 10.5 Å². The summed E-state index contributed by atoms with van der Waals surface area (Å²) in [6.45, 7) is 0. The van der Waals surface area contributed by atoms with Gasteiger partial charge in [-0.05, 0) is 24.3 Å². The van der Waals surface area contributed by atoms with Crippen molar-refractivity contribution in [1.29, 1.82) is 0 Å². The highest BCUT2D eigenvalue weighted by molar-refractivity contribution is 7.90. The summed E-state index contributed by atoms with van der Waals surface area (Å²) in [5.74, 6) is 0.267. The largest absolute Gasteiger partial charge is 0.450 e. The van der Waals surface area contributed by atoms with Crippen molar-refractivity contribution in [3.63, 3.8) is 0 Å². The smallest absolute Gasteiger partial charge is 0.312 e. The maximum Gasteiger partial charge on any atom is 0.312 e. The first-order valence-corrected chi connectivity index (χ1v) is 7.68. The van der Waals surface area contributed by atoms with Crippen molar-refractivity contribution >= 4 is 21.2 Å². The fourth-order valence-electron chi connectivity index (χ4n) is 1.66. The number of nitro groups is 1. The lowest BCUT2D eigenvalue weighted by molar-refractivity contribution is -0.385. The summed E-state index contributed by atoms with van der Waals surface area (Å²) in [4.78, 5) is 10.2. The Morgan fingerprint density at radius 2 is 1.90 bits per heavy atom. The number of nitrogens with zero attached hydrogens (tertiary/aromatic N) is 1. The van der Waals surface area contributed by atoms with Gasteiger partial charge in [-0.25, -0.2) is 8.42 Å². The highest BCUT2D eigenvalue weighted by Crippen LogP contribution is 2.33. The van der Waals surface area contributed by atoms with Gasteiger partial charge in [0.2, 0.25) is 5.75 Å². The van der Waals surface area contributed by atoms with Crippen LogP contribution in [-0.4, -0.2) is 19.6 Å². The van der Waals surface area contributed by atoms with Crippen LogP contribution in [0.5, 0.6) is 11.5 Å². The predicted molar refractivity (Wildman–Crippen MR) is 77.1 cm³/mol. The molecule has 0 atom stereocenters. The van der Waals surface area contributed by atoms with Crippen LogP contribution in [0.4, 0.5) is 11.4 Å². The quantitative estimate of drug-likeness (QED) is 0.527. The Balaban J connectivity index is 2.47. The molecule has 7 nitrogen and oxygen atoms in total. The van der Waals surface area contributed by atoms with E-state index in [1.807, 2.05) is 0 Å². The number of sulfone groups is 1. The molecule has 21 heavy (non-hydrogen) atoms. The van der Waals surface area contributed by atoms with Gasteiger partial charge in [0.1, 0.15) is 5.75 Å². The molecule has 0 radical (unpaired) electrons. The number of nitrogens with two attached hydrogens (primary N) is 1. The van der Waals surface area contributed by atoms with Crippen LogP contribution < -0.4 is 10.5 Å². The number of ether oxygens (including phenoxy) is 1. The lowest BCUT2D eigenvalue weighted by Crippen LogP contribution is -2.00. The van der Waals surface area contributed by atoms with Gasteiger partial charge in [-0.3, -0.25) is 10.1 Å². The van der Waals surface area contributed by atoms with Crippen LogP contribution in [0, 0.1) is 10.1 Å². The van der Waals surface area contributed by atoms with Crippen molar-refractivity contribution in [2.75, 3.05) is 12.0 Å². The molecule has 8 heteroatoms. The summed E-state index contributed by atoms with van der Waals surface area (Å²) in [5, 5.41) is 11.1. The minimum absolute atomic E-state index is 0.0574. The third-order valence-electron chi connectivity index (χ3n) is 2.64. The van der Waals surface area contributed by atoms with E-state index in [1.54, 1.807) is 18.2 Å². The van der Waals surface area contributed by atoms with Gasteiger partial charge >= 0.3 is 5.69 Å². The molecular weight excluding hydrogens is 296 g/mol. The molecule has 0 saturated carbocycles. The molecule has 0 fully saturated rings. The van der Waals surface area contributed by atoms with Gasteiger partial charge in [-0.2, -0.15) is 0 Å². The minimum atomic E-state index is -3.54. The van der Waals surface area contributed by atoms with Crippen LogP contribution in [0.2, 0.25) is 0 Å². The van der Waals surface area contributed by atoms with Crippen molar-refractivity contribution in [2.24, 2.45) is 0 Å². The van der Waals surface area contributed by atoms with E-state index in [9.17, 15) is 18.5 Å². The summed E-state index contributed by atoms with van der Waals surface area (Å²) in [7, 11) is -3.54. The summed E-state index contributed by atoms with van der Waals surface area (Å²) >= 11 is 0. The Morgan fingerprint density at radius 3 is 2.48 bits per heavy atom. The standard InChI is InChI=1S/C13H12N2O5S/c1-21(18,19)11-5-6-13(12(8-11)15(16)17)20-10-4-2-3-9(14)7-10/h2-8H,14H2,1H3. The van der Waals surface area contributed by atoms with Crippen LogP contribution in [0.15, 0.2) is 47.4 Å². The number of anilines is 1. The number of hydrogen-bond donors (Lipinski definition) is 1. The van der Waals surface area contributed by atoms with Crippen molar-refractivity contribution in [3.05, 3.63) is 52.6 Å². The van der Waals surface area contributed by atoms with Gasteiger partial charge in [0.05, 0.1) is 9.82 Å². The zero-order chi connectivity index (χ0) is 15.6. The predicted octanol–water partition coefficient (Wildman–Crippen LogP) is 2.37. The molecule has 0 saturated heterocycles. The van der Waals surface area contributed by atoms with Gasteiger partial charge in [-0.15, -0.1) is 0 Å². The van der Waals surface area contributed by atoms with E-state index >= 15 is 0 Å². The number of rotatable bonds is 4. The van der Waals surface area contributed by atoms with Crippen molar-refractivity contribution < 1.29 is 18.1 Å². The summed E-state index contributed by atoms with van der Waals surface area (Å²) in [6.07, 6.45) is 0.977. The lowest BCUT2D eigenvalue weighted by atomic mass is 10.3. The normalized spacial score (nSPS) is 11.1. The summed E-state index contributed by atoms with van der Waals surface area (Å²) in [6, 6.07) is 9.85. The van der Waals surface area contributed by atoms with Gasteiger partial charge in [0.15, 0.2) is 9.84 Å². The van der Waals surface area contributed by atoms with Crippen LogP contribution in [0.3, 0.4) is 0 Å². The first-order valence-electron chi connectivity index (χ1n) is 5.79. The number of nitro benzene ring substituents is 1. The monoisotopic (exact) mass is 308 g/mol. The highest BCUT2D eigenvalue weighted by atomic mass is 32.2. The molecule has 2 aromatic carbocycles. The third-order valence-corrected chi connectivity index (χ3v) is 3.75. The third kappa shape index (κ3) is 3.48. The molecule has 0 aliphatic carbocycles. The van der Waals surface area contributed by atoms with E-state index in [0.29, 0.717) is 11.4 Å². The van der Waals surface area contributed by atoms with E-state index in [2.05, 4.69) is 0 Å². The van der Waals surface area contributed by atoms with Crippen molar-refractivity contribution in [1.82, 2.24) is 0 Å². The van der Waals surface area contributed by atoms with Gasteiger partial charge in [0, 0.05) is 24.1 Å². The van der Waals surface area contributed by atoms with E-state index in [0.717, 1.165) is 12.3 Å². The summed E-state index contributed by atoms with van der Waals surface area (Å²) in [5.41, 5.74) is 5.62. The fourth-order valence-corrected chi connectivity index (χ4v) is 2.30. The van der Waals surface area contributed by atoms with Gasteiger partial charge in [0.25, 0.3) is 0 Å². The van der Waals surface area contributed by atoms with Crippen LogP contribution in [-0.2, 0) is 9.84 Å². The SMILES string of the molecule is CS(=O)(=O)c1ccc(Oc2cccc(N)c2)c([N+](=O)[O-])c1. The Bertz CT molecular complexity index is 802. The molecule has 2 N–H and O–H groups in total. The van der Waals surface area contributed by atoms with Crippen molar-refractivity contribution in [2.45, 2.75) is 4.90 Å². The molecule has 0 aliphatic heterocycles. The Kier molecular flexibility index (Phi) is 3.81. The molecule has 0 spiro atoms. The highest BCUT2D eigenvalue weighted by Gasteiger charge is 2.20. The molecule has 110 valence electrons. The average molecular weight is 308 g/mol. The Hall–Kier alpha value is -2.61. The Labute approximate surface area is 121 Å². The maximum absolute atomic E-state index is 11.4. The number of hydrogen-bond acceptors (Lipinski definition) is 6.